The lowest BCUT2D eigenvalue weighted by Crippen LogP contribution is -2.48. The molecule has 4 nitrogen and oxygen atoms in total. The van der Waals surface area contributed by atoms with Crippen molar-refractivity contribution < 1.29 is 4.79 Å². The number of carbonyl (C=O) groups is 1. The number of nitrogen functional groups attached to an aromatic ring is 1. The number of thioether (sulfide) groups is 1. The Kier molecular flexibility index (Phi) is 4.58. The molecule has 2 heterocycles. The van der Waals surface area contributed by atoms with Crippen molar-refractivity contribution in [3.05, 3.63) is 23.4 Å². The standard InChI is InChI=1S/C15H23N3OS/c1-9(2)13-7-12(8-14(16)17-13)15(19)18-5-6-20-11(4)10(18)3/h7-11H,5-6H2,1-4H3,(H2,16,17). The van der Waals surface area contributed by atoms with Crippen LogP contribution in [0.3, 0.4) is 0 Å². The first-order valence-corrected chi connectivity index (χ1v) is 8.15. The van der Waals surface area contributed by atoms with Crippen LogP contribution in [0.2, 0.25) is 0 Å². The summed E-state index contributed by atoms with van der Waals surface area (Å²) in [6.07, 6.45) is 0. The summed E-state index contributed by atoms with van der Waals surface area (Å²) in [6, 6.07) is 3.81. The van der Waals surface area contributed by atoms with Gasteiger partial charge in [-0.25, -0.2) is 4.98 Å². The monoisotopic (exact) mass is 293 g/mol. The predicted molar refractivity (Wildman–Crippen MR) is 85.2 cm³/mol. The van der Waals surface area contributed by atoms with Gasteiger partial charge in [-0.15, -0.1) is 0 Å². The van der Waals surface area contributed by atoms with E-state index in [1.807, 2.05) is 22.7 Å². The SMILES string of the molecule is CC(C)c1cc(C(=O)N2CCSC(C)C2C)cc(N)n1. The predicted octanol–water partition coefficient (Wildman–Crippen LogP) is 2.75. The minimum absolute atomic E-state index is 0.0700. The molecule has 1 fully saturated rings. The largest absolute Gasteiger partial charge is 0.384 e. The maximum atomic E-state index is 12.7. The molecule has 0 aliphatic carbocycles. The maximum absolute atomic E-state index is 12.7. The van der Waals surface area contributed by atoms with Gasteiger partial charge in [0.05, 0.1) is 0 Å². The third-order valence-electron chi connectivity index (χ3n) is 3.85. The minimum atomic E-state index is 0.0700. The zero-order chi connectivity index (χ0) is 14.9. The number of nitrogens with two attached hydrogens (primary N) is 1. The highest BCUT2D eigenvalue weighted by Crippen LogP contribution is 2.26. The second-order valence-corrected chi connectivity index (χ2v) is 7.16. The van der Waals surface area contributed by atoms with E-state index in [1.54, 1.807) is 6.07 Å². The smallest absolute Gasteiger partial charge is 0.254 e. The number of pyridine rings is 1. The molecule has 1 aromatic rings. The van der Waals surface area contributed by atoms with E-state index in [4.69, 9.17) is 5.73 Å². The van der Waals surface area contributed by atoms with Crippen molar-refractivity contribution in [2.45, 2.75) is 44.9 Å². The molecule has 20 heavy (non-hydrogen) atoms. The van der Waals surface area contributed by atoms with Crippen LogP contribution in [0.25, 0.3) is 0 Å². The van der Waals surface area contributed by atoms with E-state index >= 15 is 0 Å². The quantitative estimate of drug-likeness (QED) is 0.911. The Labute approximate surface area is 125 Å². The zero-order valence-electron chi connectivity index (χ0n) is 12.6. The van der Waals surface area contributed by atoms with E-state index < -0.39 is 0 Å². The van der Waals surface area contributed by atoms with Gasteiger partial charge >= 0.3 is 0 Å². The van der Waals surface area contributed by atoms with Crippen LogP contribution in [-0.4, -0.2) is 39.4 Å². The van der Waals surface area contributed by atoms with Crippen LogP contribution in [-0.2, 0) is 0 Å². The first kappa shape index (κ1) is 15.2. The normalized spacial score (nSPS) is 23.1. The number of anilines is 1. The molecule has 0 radical (unpaired) electrons. The summed E-state index contributed by atoms with van der Waals surface area (Å²) in [5, 5.41) is 0.469. The fourth-order valence-corrected chi connectivity index (χ4v) is 3.48. The lowest BCUT2D eigenvalue weighted by Gasteiger charge is -2.37. The topological polar surface area (TPSA) is 59.2 Å². The van der Waals surface area contributed by atoms with E-state index in [0.717, 1.165) is 18.0 Å². The highest BCUT2D eigenvalue weighted by Gasteiger charge is 2.29. The number of carbonyl (C=O) groups excluding carboxylic acids is 1. The maximum Gasteiger partial charge on any atom is 0.254 e. The summed E-state index contributed by atoms with van der Waals surface area (Å²) in [5.41, 5.74) is 7.38. The van der Waals surface area contributed by atoms with Crippen LogP contribution < -0.4 is 5.73 Å². The molecule has 2 rings (SSSR count). The Morgan fingerprint density at radius 2 is 2.15 bits per heavy atom. The van der Waals surface area contributed by atoms with E-state index in [9.17, 15) is 4.79 Å². The van der Waals surface area contributed by atoms with Crippen LogP contribution in [0.15, 0.2) is 12.1 Å². The van der Waals surface area contributed by atoms with Gasteiger partial charge in [0.15, 0.2) is 0 Å². The van der Waals surface area contributed by atoms with Gasteiger partial charge in [0.25, 0.3) is 5.91 Å². The summed E-state index contributed by atoms with van der Waals surface area (Å²) in [5.74, 6) is 1.75. The molecule has 1 aliphatic heterocycles. The van der Waals surface area contributed by atoms with Crippen LogP contribution in [0.5, 0.6) is 0 Å². The van der Waals surface area contributed by atoms with Crippen molar-refractivity contribution >= 4 is 23.5 Å². The Hall–Kier alpha value is -1.23. The molecule has 0 spiro atoms. The lowest BCUT2D eigenvalue weighted by molar-refractivity contribution is 0.0698. The summed E-state index contributed by atoms with van der Waals surface area (Å²) < 4.78 is 0. The van der Waals surface area contributed by atoms with Crippen molar-refractivity contribution in [2.24, 2.45) is 0 Å². The molecule has 1 saturated heterocycles. The number of aromatic nitrogens is 1. The highest BCUT2D eigenvalue weighted by molar-refractivity contribution is 8.00. The first-order valence-electron chi connectivity index (χ1n) is 7.10. The van der Waals surface area contributed by atoms with Crippen LogP contribution in [0.1, 0.15) is 49.7 Å². The second-order valence-electron chi connectivity index (χ2n) is 5.68. The zero-order valence-corrected chi connectivity index (χ0v) is 13.4. The van der Waals surface area contributed by atoms with Gasteiger partial charge in [-0.1, -0.05) is 20.8 Å². The van der Waals surface area contributed by atoms with Crippen molar-refractivity contribution in [1.29, 1.82) is 0 Å². The molecular formula is C15H23N3OS. The van der Waals surface area contributed by atoms with Crippen molar-refractivity contribution in [3.8, 4) is 0 Å². The number of nitrogens with zero attached hydrogens (tertiary/aromatic N) is 2. The minimum Gasteiger partial charge on any atom is -0.384 e. The van der Waals surface area contributed by atoms with Gasteiger partial charge in [-0.05, 0) is 25.0 Å². The Morgan fingerprint density at radius 3 is 2.80 bits per heavy atom. The lowest BCUT2D eigenvalue weighted by atomic mass is 10.1. The fourth-order valence-electron chi connectivity index (χ4n) is 2.38. The molecule has 1 amide bonds. The summed E-state index contributed by atoms with van der Waals surface area (Å²) in [7, 11) is 0. The number of hydrogen-bond donors (Lipinski definition) is 1. The molecular weight excluding hydrogens is 270 g/mol. The second kappa shape index (κ2) is 6.04. The molecule has 1 aliphatic rings. The number of rotatable bonds is 2. The van der Waals surface area contributed by atoms with Crippen molar-refractivity contribution in [1.82, 2.24) is 9.88 Å². The molecule has 0 bridgehead atoms. The van der Waals surface area contributed by atoms with Gasteiger partial charge in [0, 0.05) is 34.8 Å². The van der Waals surface area contributed by atoms with Crippen molar-refractivity contribution in [2.75, 3.05) is 18.0 Å². The number of amides is 1. The van der Waals surface area contributed by atoms with E-state index in [2.05, 4.69) is 32.7 Å². The van der Waals surface area contributed by atoms with Gasteiger partial charge in [0.1, 0.15) is 5.82 Å². The van der Waals surface area contributed by atoms with Gasteiger partial charge in [0.2, 0.25) is 0 Å². The van der Waals surface area contributed by atoms with E-state index in [-0.39, 0.29) is 17.9 Å². The Balaban J connectivity index is 2.28. The number of hydrogen-bond acceptors (Lipinski definition) is 4. The summed E-state index contributed by atoms with van der Waals surface area (Å²) >= 11 is 1.92. The Bertz CT molecular complexity index is 504. The van der Waals surface area contributed by atoms with E-state index in [0.29, 0.717) is 16.6 Å². The van der Waals surface area contributed by atoms with Gasteiger partial charge in [-0.3, -0.25) is 4.79 Å². The Morgan fingerprint density at radius 1 is 1.45 bits per heavy atom. The third kappa shape index (κ3) is 3.08. The molecule has 1 aromatic heterocycles. The average molecular weight is 293 g/mol. The molecule has 0 saturated carbocycles. The highest BCUT2D eigenvalue weighted by atomic mass is 32.2. The van der Waals surface area contributed by atoms with Crippen LogP contribution in [0.4, 0.5) is 5.82 Å². The van der Waals surface area contributed by atoms with Crippen LogP contribution in [0, 0.1) is 0 Å². The van der Waals surface area contributed by atoms with Crippen molar-refractivity contribution in [3.63, 3.8) is 0 Å². The van der Waals surface area contributed by atoms with Crippen LogP contribution >= 0.6 is 11.8 Å². The van der Waals surface area contributed by atoms with Gasteiger partial charge < -0.3 is 10.6 Å². The fraction of sp³-hybridized carbons (Fsp3) is 0.600. The molecule has 2 unspecified atom stereocenters. The third-order valence-corrected chi connectivity index (χ3v) is 5.19. The van der Waals surface area contributed by atoms with E-state index in [1.165, 1.54) is 0 Å². The average Bonchev–Trinajstić information content (AvgIpc) is 2.40. The molecule has 0 aromatic carbocycles. The first-order chi connectivity index (χ1) is 9.40. The molecule has 2 atom stereocenters. The summed E-state index contributed by atoms with van der Waals surface area (Å²) in [6.45, 7) is 9.20. The summed E-state index contributed by atoms with van der Waals surface area (Å²) in [4.78, 5) is 19.0. The van der Waals surface area contributed by atoms with Gasteiger partial charge in [-0.2, -0.15) is 11.8 Å². The molecule has 2 N–H and O–H groups in total. The molecule has 110 valence electrons. The molecule has 5 heteroatoms.